The van der Waals surface area contributed by atoms with E-state index in [0.29, 0.717) is 0 Å². The maximum absolute atomic E-state index is 13.5. The molecule has 4 heteroatoms. The van der Waals surface area contributed by atoms with Crippen LogP contribution >= 0.6 is 0 Å². The SMILES string of the molecule is Oc1ccc2ccncc2c1C(c1ccc(F)cc1)N1CCCCC1. The van der Waals surface area contributed by atoms with E-state index in [1.165, 1.54) is 18.6 Å². The van der Waals surface area contributed by atoms with Crippen molar-refractivity contribution in [3.05, 3.63) is 71.8 Å². The summed E-state index contributed by atoms with van der Waals surface area (Å²) in [5.41, 5.74) is 1.86. The first kappa shape index (κ1) is 16.0. The Morgan fingerprint density at radius 2 is 1.72 bits per heavy atom. The van der Waals surface area contributed by atoms with E-state index in [0.717, 1.165) is 47.8 Å². The van der Waals surface area contributed by atoms with Gasteiger partial charge in [-0.05, 0) is 61.1 Å². The molecule has 1 fully saturated rings. The minimum Gasteiger partial charge on any atom is -0.508 e. The van der Waals surface area contributed by atoms with E-state index >= 15 is 0 Å². The minimum absolute atomic E-state index is 0.103. The fourth-order valence-corrected chi connectivity index (χ4v) is 3.84. The van der Waals surface area contributed by atoms with Crippen LogP contribution in [0.4, 0.5) is 4.39 Å². The molecule has 0 radical (unpaired) electrons. The molecule has 1 atom stereocenters. The molecule has 0 bridgehead atoms. The van der Waals surface area contributed by atoms with Crippen LogP contribution in [-0.2, 0) is 0 Å². The van der Waals surface area contributed by atoms with E-state index in [9.17, 15) is 9.50 Å². The van der Waals surface area contributed by atoms with Gasteiger partial charge in [-0.2, -0.15) is 0 Å². The number of likely N-dealkylation sites (tertiary alicyclic amines) is 1. The number of rotatable bonds is 3. The largest absolute Gasteiger partial charge is 0.508 e. The number of benzene rings is 2. The van der Waals surface area contributed by atoms with Gasteiger partial charge in [0.05, 0.1) is 6.04 Å². The Balaban J connectivity index is 1.91. The topological polar surface area (TPSA) is 36.4 Å². The summed E-state index contributed by atoms with van der Waals surface area (Å²) in [6.45, 7) is 1.94. The highest BCUT2D eigenvalue weighted by Gasteiger charge is 2.28. The fraction of sp³-hybridized carbons (Fsp3) is 0.286. The smallest absolute Gasteiger partial charge is 0.123 e. The van der Waals surface area contributed by atoms with Crippen molar-refractivity contribution in [3.63, 3.8) is 0 Å². The molecular formula is C21H21FN2O. The standard InChI is InChI=1S/C21H21FN2O/c22-17-7-4-16(5-8-17)21(24-12-2-1-3-13-24)20-18-14-23-11-10-15(18)6-9-19(20)25/h4-11,14,21,25H,1-3,12-13H2. The number of halogens is 1. The molecule has 1 unspecified atom stereocenters. The van der Waals surface area contributed by atoms with E-state index in [2.05, 4.69) is 9.88 Å². The molecule has 1 aromatic heterocycles. The van der Waals surface area contributed by atoms with Crippen LogP contribution in [0.5, 0.6) is 5.75 Å². The van der Waals surface area contributed by atoms with Gasteiger partial charge in [0.1, 0.15) is 11.6 Å². The Morgan fingerprint density at radius 3 is 2.48 bits per heavy atom. The maximum atomic E-state index is 13.5. The van der Waals surface area contributed by atoms with Crippen LogP contribution in [0.3, 0.4) is 0 Å². The van der Waals surface area contributed by atoms with Gasteiger partial charge in [0, 0.05) is 23.3 Å². The molecule has 25 heavy (non-hydrogen) atoms. The van der Waals surface area contributed by atoms with Crippen molar-refractivity contribution in [1.82, 2.24) is 9.88 Å². The van der Waals surface area contributed by atoms with Gasteiger partial charge < -0.3 is 5.11 Å². The Hall–Kier alpha value is -2.46. The number of aromatic hydroxyl groups is 1. The van der Waals surface area contributed by atoms with Gasteiger partial charge in [0.2, 0.25) is 0 Å². The van der Waals surface area contributed by atoms with Crippen molar-refractivity contribution in [1.29, 1.82) is 0 Å². The second-order valence-electron chi connectivity index (χ2n) is 6.65. The van der Waals surface area contributed by atoms with Crippen LogP contribution in [0, 0.1) is 5.82 Å². The first-order valence-corrected chi connectivity index (χ1v) is 8.79. The van der Waals surface area contributed by atoms with Crippen molar-refractivity contribution in [2.45, 2.75) is 25.3 Å². The van der Waals surface area contributed by atoms with Gasteiger partial charge in [0.25, 0.3) is 0 Å². The van der Waals surface area contributed by atoms with Crippen molar-refractivity contribution in [2.24, 2.45) is 0 Å². The van der Waals surface area contributed by atoms with E-state index in [4.69, 9.17) is 0 Å². The van der Waals surface area contributed by atoms with Crippen molar-refractivity contribution < 1.29 is 9.50 Å². The fourth-order valence-electron chi connectivity index (χ4n) is 3.84. The van der Waals surface area contributed by atoms with Crippen molar-refractivity contribution in [2.75, 3.05) is 13.1 Å². The van der Waals surface area contributed by atoms with Gasteiger partial charge >= 0.3 is 0 Å². The first-order valence-electron chi connectivity index (χ1n) is 8.79. The van der Waals surface area contributed by atoms with Gasteiger partial charge in [0.15, 0.2) is 0 Å². The van der Waals surface area contributed by atoms with Crippen molar-refractivity contribution >= 4 is 10.8 Å². The quantitative estimate of drug-likeness (QED) is 0.756. The number of phenols is 1. The lowest BCUT2D eigenvalue weighted by Gasteiger charge is -2.36. The predicted molar refractivity (Wildman–Crippen MR) is 97.1 cm³/mol. The highest BCUT2D eigenvalue weighted by molar-refractivity contribution is 5.87. The number of piperidine rings is 1. The Bertz CT molecular complexity index is 873. The highest BCUT2D eigenvalue weighted by atomic mass is 19.1. The third-order valence-electron chi connectivity index (χ3n) is 5.06. The molecule has 1 saturated heterocycles. The molecule has 128 valence electrons. The lowest BCUT2D eigenvalue weighted by molar-refractivity contribution is 0.186. The zero-order valence-electron chi connectivity index (χ0n) is 14.0. The normalized spacial score (nSPS) is 16.8. The molecule has 0 saturated carbocycles. The maximum Gasteiger partial charge on any atom is 0.123 e. The molecule has 1 aliphatic rings. The monoisotopic (exact) mass is 336 g/mol. The summed E-state index contributed by atoms with van der Waals surface area (Å²) < 4.78 is 13.5. The van der Waals surface area contributed by atoms with Crippen LogP contribution in [-0.4, -0.2) is 28.1 Å². The highest BCUT2D eigenvalue weighted by Crippen LogP contribution is 2.40. The number of phenolic OH excluding ortho intramolecular Hbond substituents is 1. The molecule has 0 spiro atoms. The molecule has 2 heterocycles. The van der Waals surface area contributed by atoms with Gasteiger partial charge in [-0.3, -0.25) is 9.88 Å². The third-order valence-corrected chi connectivity index (χ3v) is 5.06. The molecule has 3 nitrogen and oxygen atoms in total. The van der Waals surface area contributed by atoms with E-state index in [1.807, 2.05) is 30.5 Å². The molecule has 1 aliphatic heterocycles. The number of aromatic nitrogens is 1. The third kappa shape index (κ3) is 3.10. The second-order valence-corrected chi connectivity index (χ2v) is 6.65. The van der Waals surface area contributed by atoms with E-state index in [1.54, 1.807) is 12.3 Å². The number of nitrogens with zero attached hydrogens (tertiary/aromatic N) is 2. The summed E-state index contributed by atoms with van der Waals surface area (Å²) >= 11 is 0. The molecule has 4 rings (SSSR count). The Labute approximate surface area is 146 Å². The van der Waals surface area contributed by atoms with E-state index < -0.39 is 0 Å². The van der Waals surface area contributed by atoms with Crippen LogP contribution in [0.2, 0.25) is 0 Å². The van der Waals surface area contributed by atoms with Crippen LogP contribution < -0.4 is 0 Å². The Morgan fingerprint density at radius 1 is 0.960 bits per heavy atom. The molecule has 0 amide bonds. The number of hydrogen-bond acceptors (Lipinski definition) is 3. The molecule has 2 aromatic carbocycles. The van der Waals surface area contributed by atoms with Crippen molar-refractivity contribution in [3.8, 4) is 5.75 Å². The number of pyridine rings is 1. The summed E-state index contributed by atoms with van der Waals surface area (Å²) in [5.74, 6) is 0.0188. The van der Waals surface area contributed by atoms with Gasteiger partial charge in [-0.1, -0.05) is 24.6 Å². The minimum atomic E-state index is -0.245. The van der Waals surface area contributed by atoms with E-state index in [-0.39, 0.29) is 17.6 Å². The summed E-state index contributed by atoms with van der Waals surface area (Å²) in [4.78, 5) is 6.65. The summed E-state index contributed by atoms with van der Waals surface area (Å²) in [6, 6.07) is 12.1. The average molecular weight is 336 g/mol. The zero-order chi connectivity index (χ0) is 17.2. The molecular weight excluding hydrogens is 315 g/mol. The lowest BCUT2D eigenvalue weighted by Crippen LogP contribution is -2.34. The van der Waals surface area contributed by atoms with Crippen LogP contribution in [0.15, 0.2) is 54.9 Å². The van der Waals surface area contributed by atoms with Crippen LogP contribution in [0.1, 0.15) is 36.4 Å². The Kier molecular flexibility index (Phi) is 4.36. The zero-order valence-corrected chi connectivity index (χ0v) is 14.0. The number of fused-ring (bicyclic) bond motifs is 1. The molecule has 0 aliphatic carbocycles. The van der Waals surface area contributed by atoms with Gasteiger partial charge in [-0.15, -0.1) is 0 Å². The lowest BCUT2D eigenvalue weighted by atomic mass is 9.91. The molecule has 3 aromatic rings. The van der Waals surface area contributed by atoms with Crippen LogP contribution in [0.25, 0.3) is 10.8 Å². The number of hydrogen-bond donors (Lipinski definition) is 1. The second kappa shape index (κ2) is 6.81. The average Bonchev–Trinajstić information content (AvgIpc) is 2.66. The summed E-state index contributed by atoms with van der Waals surface area (Å²) in [5, 5.41) is 12.7. The summed E-state index contributed by atoms with van der Waals surface area (Å²) in [7, 11) is 0. The first-order chi connectivity index (χ1) is 12.2. The molecule has 1 N–H and O–H groups in total. The predicted octanol–water partition coefficient (Wildman–Crippen LogP) is 4.65. The summed E-state index contributed by atoms with van der Waals surface area (Å²) in [6.07, 6.45) is 7.08. The van der Waals surface area contributed by atoms with Gasteiger partial charge in [-0.25, -0.2) is 4.39 Å².